The van der Waals surface area contributed by atoms with E-state index >= 15 is 0 Å². The van der Waals surface area contributed by atoms with Crippen molar-refractivity contribution in [2.75, 3.05) is 13.2 Å². The van der Waals surface area contributed by atoms with E-state index in [1.54, 1.807) is 56.5 Å². The lowest BCUT2D eigenvalue weighted by Crippen LogP contribution is -2.17. The van der Waals surface area contributed by atoms with Crippen LogP contribution in [0.25, 0.3) is 0 Å². The van der Waals surface area contributed by atoms with Gasteiger partial charge < -0.3 is 14.2 Å². The van der Waals surface area contributed by atoms with Crippen LogP contribution in [0.1, 0.15) is 29.1 Å². The van der Waals surface area contributed by atoms with E-state index in [2.05, 4.69) is 4.40 Å². The molecule has 0 aliphatic rings. The van der Waals surface area contributed by atoms with E-state index in [9.17, 15) is 13.2 Å². The molecule has 0 unspecified atom stereocenters. The lowest BCUT2D eigenvalue weighted by Gasteiger charge is -2.09. The average Bonchev–Trinajstić information content (AvgIpc) is 2.98. The fourth-order valence-electron chi connectivity index (χ4n) is 2.02. The van der Waals surface area contributed by atoms with Crippen molar-refractivity contribution < 1.29 is 27.4 Å². The molecule has 2 rings (SSSR count). The minimum Gasteiger partial charge on any atom is -0.462 e. The van der Waals surface area contributed by atoms with E-state index in [4.69, 9.17) is 14.2 Å². The van der Waals surface area contributed by atoms with Gasteiger partial charge in [-0.15, -0.1) is 11.3 Å². The van der Waals surface area contributed by atoms with Crippen molar-refractivity contribution in [3.63, 3.8) is 0 Å². The van der Waals surface area contributed by atoms with Crippen LogP contribution < -0.4 is 4.74 Å². The number of carbonyl (C=O) groups excluding carboxylic acids is 1. The van der Waals surface area contributed by atoms with E-state index in [0.717, 1.165) is 11.3 Å². The lowest BCUT2D eigenvalue weighted by atomic mass is 10.3. The van der Waals surface area contributed by atoms with Crippen molar-refractivity contribution in [2.24, 2.45) is 4.40 Å². The Morgan fingerprint density at radius 3 is 2.38 bits per heavy atom. The van der Waals surface area contributed by atoms with Gasteiger partial charge in [0.2, 0.25) is 0 Å². The first-order valence-electron chi connectivity index (χ1n) is 7.85. The molecule has 2 aromatic rings. The largest absolute Gasteiger partial charge is 0.462 e. The summed E-state index contributed by atoms with van der Waals surface area (Å²) >= 11 is 0.991. The number of hydrogen-bond acceptors (Lipinski definition) is 7. The summed E-state index contributed by atoms with van der Waals surface area (Å²) in [5, 5.41) is 1.56. The van der Waals surface area contributed by atoms with Gasteiger partial charge in [0, 0.05) is 0 Å². The highest BCUT2D eigenvalue weighted by Gasteiger charge is 2.29. The molecule has 1 aromatic carbocycles. The summed E-state index contributed by atoms with van der Waals surface area (Å²) in [6.07, 6.45) is -0.417. The number of benzene rings is 1. The van der Waals surface area contributed by atoms with Crippen LogP contribution in [0, 0.1) is 6.92 Å². The molecule has 7 nitrogen and oxygen atoms in total. The number of hydrogen-bond donors (Lipinski definition) is 0. The second-order valence-electron chi connectivity index (χ2n) is 4.98. The van der Waals surface area contributed by atoms with Gasteiger partial charge in [0.05, 0.1) is 13.2 Å². The summed E-state index contributed by atoms with van der Waals surface area (Å²) in [7, 11) is -4.24. The molecule has 0 aliphatic heterocycles. The third-order valence-corrected chi connectivity index (χ3v) is 5.69. The van der Waals surface area contributed by atoms with Gasteiger partial charge in [0.25, 0.3) is 10.0 Å². The Morgan fingerprint density at radius 1 is 1.12 bits per heavy atom. The maximum atomic E-state index is 12.8. The molecule has 0 amide bonds. The average molecular weight is 397 g/mol. The molecule has 26 heavy (non-hydrogen) atoms. The van der Waals surface area contributed by atoms with Crippen LogP contribution in [0.3, 0.4) is 0 Å². The molecule has 0 aliphatic carbocycles. The standard InChI is InChI=1S/C17H19NO6S2/c1-4-22-16(19)14-15(12(3)11-25-14)26(20,21)18-17(23-5-2)24-13-9-7-6-8-10-13/h6-11H,4-5H2,1-3H3. The summed E-state index contributed by atoms with van der Waals surface area (Å²) in [4.78, 5) is 11.8. The molecule has 0 fully saturated rings. The van der Waals surface area contributed by atoms with Crippen molar-refractivity contribution >= 4 is 33.4 Å². The number of rotatable bonds is 6. The quantitative estimate of drug-likeness (QED) is 0.421. The normalized spacial score (nSPS) is 11.9. The van der Waals surface area contributed by atoms with Gasteiger partial charge in [-0.2, -0.15) is 8.42 Å². The number of ether oxygens (including phenoxy) is 3. The summed E-state index contributed by atoms with van der Waals surface area (Å²) < 4.78 is 44.7. The molecule has 0 spiro atoms. The van der Waals surface area contributed by atoms with Gasteiger partial charge in [-0.05, 0) is 43.8 Å². The first kappa shape index (κ1) is 19.9. The zero-order valence-corrected chi connectivity index (χ0v) is 16.2. The van der Waals surface area contributed by atoms with E-state index in [0.29, 0.717) is 11.3 Å². The summed E-state index contributed by atoms with van der Waals surface area (Å²) in [6.45, 7) is 5.20. The number of carbonyl (C=O) groups is 1. The van der Waals surface area contributed by atoms with E-state index < -0.39 is 22.1 Å². The monoisotopic (exact) mass is 397 g/mol. The van der Waals surface area contributed by atoms with Gasteiger partial charge in [0.1, 0.15) is 15.5 Å². The molecule has 0 radical (unpaired) electrons. The van der Waals surface area contributed by atoms with Crippen molar-refractivity contribution in [2.45, 2.75) is 25.7 Å². The number of esters is 1. The number of nitrogens with zero attached hydrogens (tertiary/aromatic N) is 1. The predicted octanol–water partition coefficient (Wildman–Crippen LogP) is 3.39. The highest BCUT2D eigenvalue weighted by molar-refractivity contribution is 7.90. The Labute approximate surface area is 156 Å². The highest BCUT2D eigenvalue weighted by Crippen LogP contribution is 2.29. The van der Waals surface area contributed by atoms with Crippen molar-refractivity contribution in [3.8, 4) is 5.75 Å². The molecule has 0 saturated heterocycles. The lowest BCUT2D eigenvalue weighted by molar-refractivity contribution is 0.0528. The Kier molecular flexibility index (Phi) is 6.76. The van der Waals surface area contributed by atoms with Crippen molar-refractivity contribution in [1.82, 2.24) is 0 Å². The van der Waals surface area contributed by atoms with Crippen molar-refractivity contribution in [3.05, 3.63) is 46.2 Å². The molecule has 140 valence electrons. The summed E-state index contributed by atoms with van der Waals surface area (Å²) in [6, 6.07) is 8.54. The Bertz CT molecular complexity index is 887. The van der Waals surface area contributed by atoms with Gasteiger partial charge in [0.15, 0.2) is 0 Å². The van der Waals surface area contributed by atoms with Gasteiger partial charge in [-0.3, -0.25) is 0 Å². The van der Waals surface area contributed by atoms with Crippen LogP contribution in [0.5, 0.6) is 5.75 Å². The van der Waals surface area contributed by atoms with Crippen LogP contribution in [0.2, 0.25) is 0 Å². The SMILES string of the molecule is CCOC(=O)c1scc(C)c1S(=O)(=O)N=C(OCC)Oc1ccccc1. The van der Waals surface area contributed by atoms with Gasteiger partial charge >= 0.3 is 12.1 Å². The smallest absolute Gasteiger partial charge is 0.405 e. The Hall–Kier alpha value is -2.39. The summed E-state index contributed by atoms with van der Waals surface area (Å²) in [5.41, 5.74) is 0.400. The zero-order chi connectivity index (χ0) is 19.2. The fourth-order valence-corrected chi connectivity index (χ4v) is 4.55. The van der Waals surface area contributed by atoms with Gasteiger partial charge in [-0.25, -0.2) is 4.79 Å². The molecule has 9 heteroatoms. The van der Waals surface area contributed by atoms with Crippen molar-refractivity contribution in [1.29, 1.82) is 0 Å². The number of sulfonamides is 1. The van der Waals surface area contributed by atoms with E-state index in [1.807, 2.05) is 0 Å². The fraction of sp³-hybridized carbons (Fsp3) is 0.294. The third-order valence-electron chi connectivity index (χ3n) is 3.05. The predicted molar refractivity (Wildman–Crippen MR) is 98.3 cm³/mol. The highest BCUT2D eigenvalue weighted by atomic mass is 32.2. The third kappa shape index (κ3) is 4.83. The Balaban J connectivity index is 2.43. The zero-order valence-electron chi connectivity index (χ0n) is 14.6. The molecule has 0 atom stereocenters. The second-order valence-corrected chi connectivity index (χ2v) is 7.40. The molecule has 0 bridgehead atoms. The number of aryl methyl sites for hydroxylation is 1. The molecule has 1 aromatic heterocycles. The first-order chi connectivity index (χ1) is 12.4. The van der Waals surface area contributed by atoms with E-state index in [-0.39, 0.29) is 23.0 Å². The minimum atomic E-state index is -4.24. The van der Waals surface area contributed by atoms with Crippen LogP contribution >= 0.6 is 11.3 Å². The molecular formula is C17H19NO6S2. The minimum absolute atomic E-state index is 0.0244. The maximum absolute atomic E-state index is 12.8. The van der Waals surface area contributed by atoms with Crippen LogP contribution in [0.4, 0.5) is 0 Å². The second kappa shape index (κ2) is 8.81. The number of para-hydroxylation sites is 1. The molecule has 0 N–H and O–H groups in total. The van der Waals surface area contributed by atoms with Crippen LogP contribution in [-0.4, -0.2) is 33.7 Å². The van der Waals surface area contributed by atoms with Crippen LogP contribution in [0.15, 0.2) is 45.0 Å². The molecule has 1 heterocycles. The van der Waals surface area contributed by atoms with E-state index in [1.165, 1.54) is 0 Å². The van der Waals surface area contributed by atoms with Gasteiger partial charge in [-0.1, -0.05) is 22.6 Å². The maximum Gasteiger partial charge on any atom is 0.405 e. The first-order valence-corrected chi connectivity index (χ1v) is 10.2. The topological polar surface area (TPSA) is 91.3 Å². The molecule has 0 saturated carbocycles. The van der Waals surface area contributed by atoms with Crippen LogP contribution in [-0.2, 0) is 19.5 Å². The number of thiophene rings is 1. The summed E-state index contributed by atoms with van der Waals surface area (Å²) in [5.74, 6) is -0.330. The Morgan fingerprint density at radius 2 is 1.77 bits per heavy atom. The molecular weight excluding hydrogens is 378 g/mol.